The van der Waals surface area contributed by atoms with Gasteiger partial charge in [-0.3, -0.25) is 14.2 Å². The molecule has 1 aliphatic heterocycles. The second-order valence-corrected chi connectivity index (χ2v) is 7.92. The molecule has 2 N–H and O–H groups in total. The Balaban J connectivity index is 1.81. The molecule has 0 saturated carbocycles. The Morgan fingerprint density at radius 2 is 1.77 bits per heavy atom. The second-order valence-electron chi connectivity index (χ2n) is 7.48. The van der Waals surface area contributed by atoms with Crippen molar-refractivity contribution in [3.8, 4) is 5.75 Å². The number of hydrogen-bond acceptors (Lipinski definition) is 5. The van der Waals surface area contributed by atoms with E-state index in [0.717, 1.165) is 5.56 Å². The number of benzene rings is 2. The Kier molecular flexibility index (Phi) is 5.22. The molecule has 0 spiro atoms. The van der Waals surface area contributed by atoms with Gasteiger partial charge in [0, 0.05) is 16.8 Å². The lowest BCUT2D eigenvalue weighted by molar-refractivity contribution is 0.0726. The number of amides is 1. The third-order valence-corrected chi connectivity index (χ3v) is 5.31. The van der Waals surface area contributed by atoms with Crippen molar-refractivity contribution in [2.45, 2.75) is 33.0 Å². The topological polar surface area (TPSA) is 87.5 Å². The number of fused-ring (bicyclic) bond motifs is 1. The highest BCUT2D eigenvalue weighted by Crippen LogP contribution is 2.24. The van der Waals surface area contributed by atoms with E-state index >= 15 is 0 Å². The molecule has 0 fully saturated rings. The largest absolute Gasteiger partial charge is 0.508 e. The molecule has 0 saturated heterocycles. The average molecular weight is 425 g/mol. The molecule has 2 aromatic carbocycles. The van der Waals surface area contributed by atoms with E-state index in [4.69, 9.17) is 11.6 Å². The summed E-state index contributed by atoms with van der Waals surface area (Å²) in [4.78, 5) is 32.3. The van der Waals surface area contributed by atoms with Gasteiger partial charge in [-0.1, -0.05) is 23.7 Å². The molecule has 4 rings (SSSR count). The molecule has 1 aliphatic rings. The SMILES string of the molecule is CC(C)N1Cc2c(nc(Nc3ccc(O)cc3)n(Cc3ccc(Cl)cc3)c2=O)C1=O. The summed E-state index contributed by atoms with van der Waals surface area (Å²) in [5.74, 6) is 0.145. The molecule has 0 bridgehead atoms. The number of aromatic nitrogens is 2. The van der Waals surface area contributed by atoms with E-state index in [-0.39, 0.29) is 48.0 Å². The molecular weight excluding hydrogens is 404 g/mol. The van der Waals surface area contributed by atoms with Crippen molar-refractivity contribution >= 4 is 29.1 Å². The summed E-state index contributed by atoms with van der Waals surface area (Å²) in [5, 5.41) is 13.2. The number of carbonyl (C=O) groups is 1. The van der Waals surface area contributed by atoms with E-state index in [2.05, 4.69) is 10.3 Å². The van der Waals surface area contributed by atoms with Crippen LogP contribution in [0.4, 0.5) is 11.6 Å². The molecular formula is C22H21ClN4O3. The molecule has 1 amide bonds. The number of phenols is 1. The van der Waals surface area contributed by atoms with Gasteiger partial charge in [-0.2, -0.15) is 0 Å². The number of hydrogen-bond donors (Lipinski definition) is 2. The summed E-state index contributed by atoms with van der Waals surface area (Å²) < 4.78 is 1.52. The Morgan fingerprint density at radius 3 is 2.40 bits per heavy atom. The maximum absolute atomic E-state index is 13.3. The van der Waals surface area contributed by atoms with Crippen molar-refractivity contribution in [2.75, 3.05) is 5.32 Å². The zero-order valence-electron chi connectivity index (χ0n) is 16.6. The average Bonchev–Trinajstić information content (AvgIpc) is 3.05. The normalized spacial score (nSPS) is 13.1. The van der Waals surface area contributed by atoms with E-state index in [1.165, 1.54) is 16.7 Å². The van der Waals surface area contributed by atoms with Gasteiger partial charge in [-0.05, 0) is 55.8 Å². The summed E-state index contributed by atoms with van der Waals surface area (Å²) in [6.07, 6.45) is 0. The molecule has 3 aromatic rings. The maximum Gasteiger partial charge on any atom is 0.273 e. The van der Waals surface area contributed by atoms with Gasteiger partial charge in [0.05, 0.1) is 18.7 Å². The van der Waals surface area contributed by atoms with E-state index in [9.17, 15) is 14.7 Å². The van der Waals surface area contributed by atoms with Gasteiger partial charge in [0.15, 0.2) is 0 Å². The fraction of sp³-hybridized carbons (Fsp3) is 0.227. The molecule has 0 aliphatic carbocycles. The predicted molar refractivity (Wildman–Crippen MR) is 115 cm³/mol. The van der Waals surface area contributed by atoms with Gasteiger partial charge in [-0.15, -0.1) is 0 Å². The van der Waals surface area contributed by atoms with E-state index in [1.807, 2.05) is 26.0 Å². The number of carbonyl (C=O) groups excluding carboxylic acids is 1. The summed E-state index contributed by atoms with van der Waals surface area (Å²) in [5.41, 5.74) is 1.84. The zero-order chi connectivity index (χ0) is 21.4. The van der Waals surface area contributed by atoms with Gasteiger partial charge in [-0.25, -0.2) is 4.98 Å². The monoisotopic (exact) mass is 424 g/mol. The number of phenolic OH excluding ortho intramolecular Hbond substituents is 1. The Morgan fingerprint density at radius 1 is 1.10 bits per heavy atom. The number of nitrogens with one attached hydrogen (secondary N) is 1. The van der Waals surface area contributed by atoms with Gasteiger partial charge >= 0.3 is 0 Å². The first-order chi connectivity index (χ1) is 14.3. The van der Waals surface area contributed by atoms with E-state index < -0.39 is 0 Å². The van der Waals surface area contributed by atoms with Crippen molar-refractivity contribution in [3.63, 3.8) is 0 Å². The lowest BCUT2D eigenvalue weighted by Crippen LogP contribution is -2.31. The molecule has 30 heavy (non-hydrogen) atoms. The number of halogens is 1. The number of anilines is 2. The van der Waals surface area contributed by atoms with Crippen molar-refractivity contribution in [1.82, 2.24) is 14.5 Å². The van der Waals surface area contributed by atoms with Crippen LogP contribution in [0, 0.1) is 0 Å². The first kappa shape index (κ1) is 20.0. The van der Waals surface area contributed by atoms with E-state index in [0.29, 0.717) is 16.3 Å². The van der Waals surface area contributed by atoms with Crippen LogP contribution in [-0.4, -0.2) is 31.5 Å². The minimum atomic E-state index is -0.257. The first-order valence-electron chi connectivity index (χ1n) is 9.58. The minimum Gasteiger partial charge on any atom is -0.508 e. The van der Waals surface area contributed by atoms with Crippen molar-refractivity contribution in [3.05, 3.63) is 80.7 Å². The van der Waals surface area contributed by atoms with Crippen LogP contribution in [-0.2, 0) is 13.1 Å². The summed E-state index contributed by atoms with van der Waals surface area (Å²) in [6.45, 7) is 4.33. The van der Waals surface area contributed by atoms with Crippen molar-refractivity contribution < 1.29 is 9.90 Å². The third kappa shape index (κ3) is 3.76. The quantitative estimate of drug-likeness (QED) is 0.609. The highest BCUT2D eigenvalue weighted by atomic mass is 35.5. The molecule has 7 nitrogen and oxygen atoms in total. The zero-order valence-corrected chi connectivity index (χ0v) is 17.3. The fourth-order valence-corrected chi connectivity index (χ4v) is 3.52. The van der Waals surface area contributed by atoms with E-state index in [1.54, 1.807) is 29.2 Å². The van der Waals surface area contributed by atoms with Gasteiger partial charge < -0.3 is 15.3 Å². The van der Waals surface area contributed by atoms with Crippen LogP contribution < -0.4 is 10.9 Å². The summed E-state index contributed by atoms with van der Waals surface area (Å²) >= 11 is 5.98. The second kappa shape index (κ2) is 7.84. The van der Waals surface area contributed by atoms with Crippen LogP contribution in [0.1, 0.15) is 35.5 Å². The van der Waals surface area contributed by atoms with Crippen LogP contribution in [0.2, 0.25) is 5.02 Å². The minimum absolute atomic E-state index is 0.0377. The Labute approximate surface area is 178 Å². The maximum atomic E-state index is 13.3. The van der Waals surface area contributed by atoms with Crippen LogP contribution in [0.25, 0.3) is 0 Å². The van der Waals surface area contributed by atoms with Crippen LogP contribution >= 0.6 is 11.6 Å². The molecule has 2 heterocycles. The standard InChI is InChI=1S/C22H21ClN4O3/c1-13(2)26-12-18-19(21(26)30)25-22(24-16-7-9-17(28)10-8-16)27(20(18)29)11-14-3-5-15(23)6-4-14/h3-10,13,28H,11-12H2,1-2H3,(H,24,25). The first-order valence-corrected chi connectivity index (χ1v) is 9.96. The number of nitrogens with zero attached hydrogens (tertiary/aromatic N) is 3. The molecule has 0 atom stereocenters. The molecule has 0 unspecified atom stereocenters. The third-order valence-electron chi connectivity index (χ3n) is 5.06. The van der Waals surface area contributed by atoms with Crippen LogP contribution in [0.15, 0.2) is 53.3 Å². The Hall–Kier alpha value is -3.32. The molecule has 1 aromatic heterocycles. The number of rotatable bonds is 5. The lowest BCUT2D eigenvalue weighted by atomic mass is 10.2. The van der Waals surface area contributed by atoms with Crippen LogP contribution in [0.3, 0.4) is 0 Å². The lowest BCUT2D eigenvalue weighted by Gasteiger charge is -2.19. The van der Waals surface area contributed by atoms with Gasteiger partial charge in [0.1, 0.15) is 11.4 Å². The summed E-state index contributed by atoms with van der Waals surface area (Å²) in [6, 6.07) is 13.6. The van der Waals surface area contributed by atoms with Crippen LogP contribution in [0.5, 0.6) is 5.75 Å². The fourth-order valence-electron chi connectivity index (χ4n) is 3.40. The molecule has 154 valence electrons. The van der Waals surface area contributed by atoms with Crippen molar-refractivity contribution in [1.29, 1.82) is 0 Å². The highest BCUT2D eigenvalue weighted by Gasteiger charge is 2.34. The highest BCUT2D eigenvalue weighted by molar-refractivity contribution is 6.30. The number of aromatic hydroxyl groups is 1. The smallest absolute Gasteiger partial charge is 0.273 e. The predicted octanol–water partition coefficient (Wildman–Crippen LogP) is 3.76. The Bertz CT molecular complexity index is 1150. The van der Waals surface area contributed by atoms with Crippen molar-refractivity contribution in [2.24, 2.45) is 0 Å². The van der Waals surface area contributed by atoms with Gasteiger partial charge in [0.25, 0.3) is 11.5 Å². The van der Waals surface area contributed by atoms with Gasteiger partial charge in [0.2, 0.25) is 5.95 Å². The molecule has 8 heteroatoms. The molecule has 0 radical (unpaired) electrons. The summed E-state index contributed by atoms with van der Waals surface area (Å²) in [7, 11) is 0.